The van der Waals surface area contributed by atoms with E-state index in [1.807, 2.05) is 18.2 Å². The third-order valence-electron chi connectivity index (χ3n) is 5.89. The molecule has 0 saturated heterocycles. The SMILES string of the molecule is CCOC(=O)c1c(NC(=O)C(=O)N/N=C/c2cccc(OCc3ccc(Cl)cc3)c2)sc2c1CCCCC2. The molecular formula is C28H28ClN3O5S. The van der Waals surface area contributed by atoms with E-state index in [-0.39, 0.29) is 6.61 Å². The number of ether oxygens (including phenoxy) is 2. The fraction of sp³-hybridized carbons (Fsp3) is 0.286. The summed E-state index contributed by atoms with van der Waals surface area (Å²) in [5.41, 5.74) is 5.15. The molecule has 1 heterocycles. The third kappa shape index (κ3) is 7.20. The summed E-state index contributed by atoms with van der Waals surface area (Å²) in [6.45, 7) is 2.32. The van der Waals surface area contributed by atoms with Gasteiger partial charge in [0.15, 0.2) is 0 Å². The van der Waals surface area contributed by atoms with Gasteiger partial charge in [0.05, 0.1) is 18.4 Å². The molecule has 2 amide bonds. The molecule has 198 valence electrons. The Balaban J connectivity index is 1.36. The molecule has 1 aromatic heterocycles. The van der Waals surface area contributed by atoms with Crippen LogP contribution in [0.25, 0.3) is 0 Å². The number of hydrogen-bond acceptors (Lipinski definition) is 7. The molecule has 0 radical (unpaired) electrons. The lowest BCUT2D eigenvalue weighted by molar-refractivity contribution is -0.136. The van der Waals surface area contributed by atoms with Gasteiger partial charge in [-0.15, -0.1) is 11.3 Å². The zero-order chi connectivity index (χ0) is 26.9. The molecule has 0 fully saturated rings. The van der Waals surface area contributed by atoms with Crippen LogP contribution in [0.1, 0.15) is 58.1 Å². The Kier molecular flexibility index (Phi) is 9.51. The molecule has 2 N–H and O–H groups in total. The van der Waals surface area contributed by atoms with Crippen molar-refractivity contribution in [1.29, 1.82) is 0 Å². The van der Waals surface area contributed by atoms with Crippen LogP contribution in [0.5, 0.6) is 5.75 Å². The molecular weight excluding hydrogens is 526 g/mol. The van der Waals surface area contributed by atoms with Gasteiger partial charge in [0.1, 0.15) is 17.4 Å². The number of fused-ring (bicyclic) bond motifs is 1. The molecule has 0 unspecified atom stereocenters. The van der Waals surface area contributed by atoms with Crippen LogP contribution < -0.4 is 15.5 Å². The first-order valence-electron chi connectivity index (χ1n) is 12.4. The molecule has 0 spiro atoms. The van der Waals surface area contributed by atoms with Crippen LogP contribution in [-0.4, -0.2) is 30.6 Å². The van der Waals surface area contributed by atoms with Crippen molar-refractivity contribution >= 4 is 51.9 Å². The number of hydrogen-bond donors (Lipinski definition) is 2. The number of thiophene rings is 1. The minimum atomic E-state index is -0.949. The quantitative estimate of drug-likeness (QED) is 0.126. The number of carbonyl (C=O) groups is 3. The first kappa shape index (κ1) is 27.3. The first-order valence-corrected chi connectivity index (χ1v) is 13.6. The van der Waals surface area contributed by atoms with Crippen molar-refractivity contribution in [3.63, 3.8) is 0 Å². The smallest absolute Gasteiger partial charge is 0.341 e. The molecule has 38 heavy (non-hydrogen) atoms. The van der Waals surface area contributed by atoms with Crippen LogP contribution in [0.4, 0.5) is 5.00 Å². The first-order chi connectivity index (χ1) is 18.4. The molecule has 0 aliphatic heterocycles. The minimum Gasteiger partial charge on any atom is -0.489 e. The van der Waals surface area contributed by atoms with Gasteiger partial charge >= 0.3 is 17.8 Å². The average molecular weight is 554 g/mol. The lowest BCUT2D eigenvalue weighted by Crippen LogP contribution is -2.32. The summed E-state index contributed by atoms with van der Waals surface area (Å²) in [6.07, 6.45) is 6.06. The Morgan fingerprint density at radius 2 is 1.84 bits per heavy atom. The summed E-state index contributed by atoms with van der Waals surface area (Å²) in [4.78, 5) is 38.7. The van der Waals surface area contributed by atoms with E-state index in [1.54, 1.807) is 37.3 Å². The Morgan fingerprint density at radius 1 is 1.05 bits per heavy atom. The van der Waals surface area contributed by atoms with Gasteiger partial charge in [-0.1, -0.05) is 42.3 Å². The number of nitrogens with zero attached hydrogens (tertiary/aromatic N) is 1. The summed E-state index contributed by atoms with van der Waals surface area (Å²) < 4.78 is 11.0. The van der Waals surface area contributed by atoms with Crippen LogP contribution in [0, 0.1) is 0 Å². The van der Waals surface area contributed by atoms with Crippen molar-refractivity contribution < 1.29 is 23.9 Å². The highest BCUT2D eigenvalue weighted by Gasteiger charge is 2.27. The van der Waals surface area contributed by atoms with Gasteiger partial charge < -0.3 is 14.8 Å². The maximum Gasteiger partial charge on any atom is 0.341 e. The number of hydrazone groups is 1. The largest absolute Gasteiger partial charge is 0.489 e. The second-order valence-corrected chi connectivity index (χ2v) is 10.2. The summed E-state index contributed by atoms with van der Waals surface area (Å²) in [6, 6.07) is 14.5. The van der Waals surface area contributed by atoms with Crippen LogP contribution in [0.3, 0.4) is 0 Å². The highest BCUT2D eigenvalue weighted by atomic mass is 35.5. The van der Waals surface area contributed by atoms with E-state index in [1.165, 1.54) is 17.6 Å². The Bertz CT molecular complexity index is 1340. The number of esters is 1. The van der Waals surface area contributed by atoms with Gasteiger partial charge in [-0.2, -0.15) is 5.10 Å². The predicted molar refractivity (Wildman–Crippen MR) is 148 cm³/mol. The highest BCUT2D eigenvalue weighted by molar-refractivity contribution is 7.17. The maximum atomic E-state index is 12.7. The van der Waals surface area contributed by atoms with Gasteiger partial charge in [-0.05, 0) is 73.6 Å². The average Bonchev–Trinajstić information content (AvgIpc) is 3.08. The number of aryl methyl sites for hydroxylation is 1. The second-order valence-electron chi connectivity index (χ2n) is 8.63. The standard InChI is InChI=1S/C28H28ClN3O5S/c1-2-36-28(35)24-22-9-4-3-5-10-23(22)38-27(24)31-25(33)26(34)32-30-16-19-7-6-8-21(15-19)37-17-18-11-13-20(29)14-12-18/h6-8,11-16H,2-5,9-10,17H2,1H3,(H,31,33)(H,32,34)/b30-16+. The number of anilines is 1. The predicted octanol–water partition coefficient (Wildman–Crippen LogP) is 5.51. The van der Waals surface area contributed by atoms with E-state index in [0.29, 0.717) is 33.5 Å². The summed E-state index contributed by atoms with van der Waals surface area (Å²) in [7, 11) is 0. The topological polar surface area (TPSA) is 106 Å². The zero-order valence-corrected chi connectivity index (χ0v) is 22.5. The Labute approximate surface area is 230 Å². The zero-order valence-electron chi connectivity index (χ0n) is 20.9. The Hall–Kier alpha value is -3.69. The second kappa shape index (κ2) is 13.2. The molecule has 0 saturated carbocycles. The molecule has 10 heteroatoms. The van der Waals surface area contributed by atoms with Gasteiger partial charge in [-0.3, -0.25) is 9.59 Å². The summed E-state index contributed by atoms with van der Waals surface area (Å²) in [5.74, 6) is -1.73. The fourth-order valence-electron chi connectivity index (χ4n) is 4.06. The number of benzene rings is 2. The van der Waals surface area contributed by atoms with E-state index < -0.39 is 17.8 Å². The molecule has 0 bridgehead atoms. The minimum absolute atomic E-state index is 0.222. The van der Waals surface area contributed by atoms with E-state index in [9.17, 15) is 14.4 Å². The van der Waals surface area contributed by atoms with Crippen LogP contribution in [0.15, 0.2) is 53.6 Å². The molecule has 4 rings (SSSR count). The van der Waals surface area contributed by atoms with E-state index >= 15 is 0 Å². The van der Waals surface area contributed by atoms with Gasteiger partial charge in [-0.25, -0.2) is 10.2 Å². The molecule has 3 aromatic rings. The van der Waals surface area contributed by atoms with Crippen LogP contribution in [0.2, 0.25) is 5.02 Å². The maximum absolute atomic E-state index is 12.7. The van der Waals surface area contributed by atoms with Crippen LogP contribution in [-0.2, 0) is 33.8 Å². The lowest BCUT2D eigenvalue weighted by atomic mass is 10.1. The third-order valence-corrected chi connectivity index (χ3v) is 7.35. The lowest BCUT2D eigenvalue weighted by Gasteiger charge is -2.08. The van der Waals surface area contributed by atoms with Gasteiger partial charge in [0.2, 0.25) is 0 Å². The van der Waals surface area contributed by atoms with Crippen LogP contribution >= 0.6 is 22.9 Å². The summed E-state index contributed by atoms with van der Waals surface area (Å²) >= 11 is 7.24. The van der Waals surface area contributed by atoms with Crippen molar-refractivity contribution in [2.24, 2.45) is 5.10 Å². The van der Waals surface area contributed by atoms with Crippen molar-refractivity contribution in [3.05, 3.63) is 80.7 Å². The number of amides is 2. The van der Waals surface area contributed by atoms with Gasteiger partial charge in [0.25, 0.3) is 0 Å². The highest BCUT2D eigenvalue weighted by Crippen LogP contribution is 2.38. The molecule has 0 atom stereocenters. The van der Waals surface area contributed by atoms with Crippen molar-refractivity contribution in [2.45, 2.75) is 45.6 Å². The van der Waals surface area contributed by atoms with E-state index in [4.69, 9.17) is 21.1 Å². The molecule has 2 aromatic carbocycles. The van der Waals surface area contributed by atoms with Crippen molar-refractivity contribution in [1.82, 2.24) is 5.43 Å². The molecule has 1 aliphatic rings. The number of carbonyl (C=O) groups excluding carboxylic acids is 3. The van der Waals surface area contributed by atoms with E-state index in [2.05, 4.69) is 15.8 Å². The Morgan fingerprint density at radius 3 is 2.63 bits per heavy atom. The van der Waals surface area contributed by atoms with Gasteiger partial charge in [0, 0.05) is 9.90 Å². The summed E-state index contributed by atoms with van der Waals surface area (Å²) in [5, 5.41) is 7.48. The fourth-order valence-corrected chi connectivity index (χ4v) is 5.46. The van der Waals surface area contributed by atoms with Crippen molar-refractivity contribution in [3.8, 4) is 5.75 Å². The molecule has 1 aliphatic carbocycles. The van der Waals surface area contributed by atoms with Crippen molar-refractivity contribution in [2.75, 3.05) is 11.9 Å². The number of nitrogens with one attached hydrogen (secondary N) is 2. The number of rotatable bonds is 8. The van der Waals surface area contributed by atoms with E-state index in [0.717, 1.165) is 48.1 Å². The molecule has 8 nitrogen and oxygen atoms in total. The normalized spacial score (nSPS) is 12.9. The monoisotopic (exact) mass is 553 g/mol. The number of halogens is 1.